The van der Waals surface area contributed by atoms with Crippen molar-refractivity contribution in [2.45, 2.75) is 64.5 Å². The Bertz CT molecular complexity index is 1140. The van der Waals surface area contributed by atoms with Crippen molar-refractivity contribution in [3.63, 3.8) is 0 Å². The van der Waals surface area contributed by atoms with E-state index in [0.717, 1.165) is 48.6 Å². The number of nitrogen functional groups attached to an aromatic ring is 1. The first-order chi connectivity index (χ1) is 16.8. The van der Waals surface area contributed by atoms with Gasteiger partial charge in [-0.2, -0.15) is 4.98 Å². The lowest BCUT2D eigenvalue weighted by Gasteiger charge is -2.36. The molecular weight excluding hydrogens is 454 g/mol. The number of piperidine rings is 1. The summed E-state index contributed by atoms with van der Waals surface area (Å²) < 4.78 is 33.5. The van der Waals surface area contributed by atoms with E-state index in [1.54, 1.807) is 6.20 Å². The Morgan fingerprint density at radius 1 is 1.20 bits per heavy atom. The molecule has 0 aromatic carbocycles. The number of nitrogens with two attached hydrogens (primary N) is 1. The number of ether oxygens (including phenoxy) is 1. The Kier molecular flexibility index (Phi) is 7.63. The molecule has 11 heteroatoms. The van der Waals surface area contributed by atoms with E-state index in [9.17, 15) is 8.78 Å². The second-order valence-electron chi connectivity index (χ2n) is 9.39. The summed E-state index contributed by atoms with van der Waals surface area (Å²) in [6, 6.07) is 2.55. The third-order valence-corrected chi connectivity index (χ3v) is 6.54. The fraction of sp³-hybridized carbons (Fsp3) is 0.583. The fourth-order valence-corrected chi connectivity index (χ4v) is 4.61. The molecule has 3 aromatic heterocycles. The zero-order valence-corrected chi connectivity index (χ0v) is 20.8. The third kappa shape index (κ3) is 5.61. The number of alkyl halides is 2. The molecule has 9 nitrogen and oxygen atoms in total. The van der Waals surface area contributed by atoms with Crippen LogP contribution in [0, 0.1) is 6.92 Å². The molecule has 190 valence electrons. The van der Waals surface area contributed by atoms with Crippen LogP contribution in [0.1, 0.15) is 49.4 Å². The third-order valence-electron chi connectivity index (χ3n) is 6.54. The Morgan fingerprint density at radius 3 is 2.57 bits per heavy atom. The average Bonchev–Trinajstić information content (AvgIpc) is 3.22. The summed E-state index contributed by atoms with van der Waals surface area (Å²) in [5.74, 6) is 1.09. The van der Waals surface area contributed by atoms with Gasteiger partial charge in [0.25, 0.3) is 6.43 Å². The zero-order valence-electron chi connectivity index (χ0n) is 20.8. The number of aromatic nitrogens is 5. The molecule has 0 bridgehead atoms. The van der Waals surface area contributed by atoms with Crippen LogP contribution >= 0.6 is 0 Å². The average molecular weight is 489 g/mol. The molecule has 1 fully saturated rings. The molecule has 1 aliphatic rings. The van der Waals surface area contributed by atoms with Crippen LogP contribution < -0.4 is 15.4 Å². The van der Waals surface area contributed by atoms with Crippen LogP contribution in [0.3, 0.4) is 0 Å². The topological polar surface area (TPSA) is 97.7 Å². The van der Waals surface area contributed by atoms with E-state index >= 15 is 0 Å². The molecule has 35 heavy (non-hydrogen) atoms. The number of fused-ring (bicyclic) bond motifs is 1. The molecule has 1 saturated heterocycles. The van der Waals surface area contributed by atoms with E-state index in [4.69, 9.17) is 15.5 Å². The second kappa shape index (κ2) is 10.7. The molecule has 0 amide bonds. The standard InChI is InChI=1S/C24H34F2N8O/c1-5-6-19(20(25)26)35-24-30-21(27)23-29-14-18(34(23)31-24)12-16-11-15(2)22(28-13-16)33-9-7-17(8-10-33)32(3)4/h11,13-14,17,19-20H,5-10,12H2,1-4H3,(H2,27,30,31)/t19-/m1/s1. The summed E-state index contributed by atoms with van der Waals surface area (Å²) in [6.45, 7) is 5.86. The van der Waals surface area contributed by atoms with Crippen LogP contribution in [0.25, 0.3) is 5.65 Å². The van der Waals surface area contributed by atoms with Gasteiger partial charge in [0.05, 0.1) is 11.9 Å². The number of pyridine rings is 1. The Hall–Kier alpha value is -3.08. The molecule has 0 radical (unpaired) electrons. The molecule has 4 rings (SSSR count). The highest BCUT2D eigenvalue weighted by atomic mass is 19.3. The normalized spacial score (nSPS) is 15.9. The van der Waals surface area contributed by atoms with Gasteiger partial charge in [-0.15, -0.1) is 5.10 Å². The van der Waals surface area contributed by atoms with Gasteiger partial charge in [0.1, 0.15) is 5.82 Å². The molecular formula is C24H34F2N8O. The number of aryl methyl sites for hydroxylation is 1. The molecule has 0 unspecified atom stereocenters. The molecule has 4 heterocycles. The minimum atomic E-state index is -2.64. The predicted octanol–water partition coefficient (Wildman–Crippen LogP) is 3.34. The van der Waals surface area contributed by atoms with Crippen LogP contribution in [-0.2, 0) is 6.42 Å². The number of halogens is 2. The minimum absolute atomic E-state index is 0.0801. The Morgan fingerprint density at radius 2 is 1.94 bits per heavy atom. The highest BCUT2D eigenvalue weighted by Gasteiger charge is 2.24. The van der Waals surface area contributed by atoms with Gasteiger partial charge in [-0.1, -0.05) is 19.4 Å². The number of nitrogens with zero attached hydrogens (tertiary/aromatic N) is 7. The van der Waals surface area contributed by atoms with Crippen molar-refractivity contribution in [1.82, 2.24) is 29.5 Å². The van der Waals surface area contributed by atoms with Gasteiger partial charge in [0.2, 0.25) is 0 Å². The maximum atomic E-state index is 13.3. The summed E-state index contributed by atoms with van der Waals surface area (Å²) >= 11 is 0. The molecule has 2 N–H and O–H groups in total. The summed E-state index contributed by atoms with van der Waals surface area (Å²) in [4.78, 5) is 17.7. The number of imidazole rings is 1. The smallest absolute Gasteiger partial charge is 0.336 e. The second-order valence-corrected chi connectivity index (χ2v) is 9.39. The molecule has 1 atom stereocenters. The van der Waals surface area contributed by atoms with Crippen molar-refractivity contribution >= 4 is 17.3 Å². The summed E-state index contributed by atoms with van der Waals surface area (Å²) in [6.07, 6.45) is 3.10. The SMILES string of the molecule is CCC[C@@H](Oc1nc(N)c2ncc(Cc3cnc(N4CCC(N(C)C)CC4)c(C)c3)n2n1)C(F)F. The van der Waals surface area contributed by atoms with Gasteiger partial charge in [0, 0.05) is 31.7 Å². The Labute approximate surface area is 204 Å². The van der Waals surface area contributed by atoms with Crippen molar-refractivity contribution in [3.05, 3.63) is 35.3 Å². The summed E-state index contributed by atoms with van der Waals surface area (Å²) in [5, 5.41) is 4.31. The first-order valence-electron chi connectivity index (χ1n) is 12.1. The lowest BCUT2D eigenvalue weighted by atomic mass is 10.0. The van der Waals surface area contributed by atoms with E-state index in [1.165, 1.54) is 4.52 Å². The molecule has 0 spiro atoms. The van der Waals surface area contributed by atoms with Gasteiger partial charge < -0.3 is 20.3 Å². The van der Waals surface area contributed by atoms with Gasteiger partial charge in [-0.05, 0) is 51.4 Å². The van der Waals surface area contributed by atoms with E-state index in [1.807, 2.05) is 13.1 Å². The molecule has 1 aliphatic heterocycles. The van der Waals surface area contributed by atoms with Gasteiger partial charge in [-0.3, -0.25) is 0 Å². The van der Waals surface area contributed by atoms with Gasteiger partial charge in [0.15, 0.2) is 17.6 Å². The maximum Gasteiger partial charge on any atom is 0.336 e. The highest BCUT2D eigenvalue weighted by molar-refractivity contribution is 5.60. The monoisotopic (exact) mass is 488 g/mol. The molecule has 3 aromatic rings. The van der Waals surface area contributed by atoms with Crippen molar-refractivity contribution in [1.29, 1.82) is 0 Å². The van der Waals surface area contributed by atoms with Crippen LogP contribution in [0.4, 0.5) is 20.4 Å². The van der Waals surface area contributed by atoms with E-state index in [0.29, 0.717) is 24.5 Å². The Balaban J connectivity index is 1.52. The molecule has 0 aliphatic carbocycles. The van der Waals surface area contributed by atoms with E-state index in [2.05, 4.69) is 52.0 Å². The van der Waals surface area contributed by atoms with Gasteiger partial charge >= 0.3 is 6.01 Å². The van der Waals surface area contributed by atoms with Gasteiger partial charge in [-0.25, -0.2) is 23.3 Å². The van der Waals surface area contributed by atoms with Crippen LogP contribution in [0.2, 0.25) is 0 Å². The van der Waals surface area contributed by atoms with Crippen LogP contribution in [-0.4, -0.2) is 75.2 Å². The van der Waals surface area contributed by atoms with Crippen molar-refractivity contribution in [3.8, 4) is 6.01 Å². The van der Waals surface area contributed by atoms with Crippen LogP contribution in [0.15, 0.2) is 18.5 Å². The first-order valence-corrected chi connectivity index (χ1v) is 12.1. The minimum Gasteiger partial charge on any atom is -0.453 e. The quantitative estimate of drug-likeness (QED) is 0.490. The summed E-state index contributed by atoms with van der Waals surface area (Å²) in [7, 11) is 4.27. The number of rotatable bonds is 9. The lowest BCUT2D eigenvalue weighted by Crippen LogP contribution is -2.42. The summed E-state index contributed by atoms with van der Waals surface area (Å²) in [5.41, 5.74) is 9.23. The van der Waals surface area contributed by atoms with Crippen molar-refractivity contribution in [2.24, 2.45) is 0 Å². The lowest BCUT2D eigenvalue weighted by molar-refractivity contribution is 0.00115. The highest BCUT2D eigenvalue weighted by Crippen LogP contribution is 2.25. The van der Waals surface area contributed by atoms with Crippen molar-refractivity contribution < 1.29 is 13.5 Å². The first kappa shape index (κ1) is 25.0. The number of hydrogen-bond donors (Lipinski definition) is 1. The van der Waals surface area contributed by atoms with Crippen molar-refractivity contribution in [2.75, 3.05) is 37.8 Å². The fourth-order valence-electron chi connectivity index (χ4n) is 4.61. The van der Waals surface area contributed by atoms with E-state index < -0.39 is 12.5 Å². The number of hydrogen-bond acceptors (Lipinski definition) is 8. The zero-order chi connectivity index (χ0) is 25.1. The molecule has 0 saturated carbocycles. The maximum absolute atomic E-state index is 13.3. The van der Waals surface area contributed by atoms with Crippen LogP contribution in [0.5, 0.6) is 6.01 Å². The predicted molar refractivity (Wildman–Crippen MR) is 131 cm³/mol. The number of anilines is 2. The van der Waals surface area contributed by atoms with E-state index in [-0.39, 0.29) is 18.2 Å². The largest absolute Gasteiger partial charge is 0.453 e.